The lowest BCUT2D eigenvalue weighted by molar-refractivity contribution is -0.131. The topological polar surface area (TPSA) is 65.5 Å². The zero-order valence-electron chi connectivity index (χ0n) is 13.4. The minimum Gasteiger partial charge on any atom is -0.387 e. The summed E-state index contributed by atoms with van der Waals surface area (Å²) in [5.74, 6) is 0.223. The number of pyridine rings is 1. The second-order valence-corrected chi connectivity index (χ2v) is 6.10. The molecule has 2 heterocycles. The van der Waals surface area contributed by atoms with E-state index in [1.807, 2.05) is 11.8 Å². The predicted molar refractivity (Wildman–Crippen MR) is 86.3 cm³/mol. The number of nitrogens with zero attached hydrogens (tertiary/aromatic N) is 2. The van der Waals surface area contributed by atoms with Crippen LogP contribution in [0.3, 0.4) is 0 Å². The van der Waals surface area contributed by atoms with Gasteiger partial charge in [-0.2, -0.15) is 0 Å². The number of aliphatic hydroxyl groups excluding tert-OH is 1. The van der Waals surface area contributed by atoms with Gasteiger partial charge in [-0.3, -0.25) is 9.78 Å². The summed E-state index contributed by atoms with van der Waals surface area (Å²) in [6.07, 6.45) is 7.96. The van der Waals surface area contributed by atoms with Crippen molar-refractivity contribution < 1.29 is 9.90 Å². The van der Waals surface area contributed by atoms with Crippen molar-refractivity contribution in [2.75, 3.05) is 19.6 Å². The number of hydrogen-bond acceptors (Lipinski definition) is 4. The molecule has 5 nitrogen and oxygen atoms in total. The third kappa shape index (κ3) is 5.39. The van der Waals surface area contributed by atoms with Crippen LogP contribution in [0.4, 0.5) is 0 Å². The highest BCUT2D eigenvalue weighted by atomic mass is 16.3. The van der Waals surface area contributed by atoms with E-state index in [0.717, 1.165) is 31.5 Å². The Morgan fingerprint density at radius 3 is 2.55 bits per heavy atom. The quantitative estimate of drug-likeness (QED) is 0.842. The molecular weight excluding hydrogens is 278 g/mol. The van der Waals surface area contributed by atoms with Crippen LogP contribution in [0, 0.1) is 0 Å². The molecule has 0 spiro atoms. The Morgan fingerprint density at radius 2 is 1.91 bits per heavy atom. The Labute approximate surface area is 132 Å². The summed E-state index contributed by atoms with van der Waals surface area (Å²) in [5, 5.41) is 13.4. The van der Waals surface area contributed by atoms with Gasteiger partial charge in [-0.05, 0) is 37.5 Å². The highest BCUT2D eigenvalue weighted by molar-refractivity contribution is 5.76. The van der Waals surface area contributed by atoms with Gasteiger partial charge in [0.15, 0.2) is 0 Å². The van der Waals surface area contributed by atoms with E-state index < -0.39 is 6.10 Å². The maximum absolute atomic E-state index is 12.3. The Hall–Kier alpha value is -1.46. The Morgan fingerprint density at radius 1 is 1.27 bits per heavy atom. The number of likely N-dealkylation sites (tertiary alicyclic amines) is 1. The van der Waals surface area contributed by atoms with Crippen LogP contribution in [0.5, 0.6) is 0 Å². The molecule has 1 aromatic heterocycles. The molecule has 122 valence electrons. The maximum atomic E-state index is 12.3. The molecule has 22 heavy (non-hydrogen) atoms. The van der Waals surface area contributed by atoms with Crippen molar-refractivity contribution in [3.63, 3.8) is 0 Å². The lowest BCUT2D eigenvalue weighted by Gasteiger charge is -2.23. The zero-order valence-corrected chi connectivity index (χ0v) is 13.4. The van der Waals surface area contributed by atoms with Crippen LogP contribution in [0.15, 0.2) is 24.5 Å². The first kappa shape index (κ1) is 16.9. The number of rotatable bonds is 6. The number of aliphatic hydroxyl groups is 1. The molecule has 2 atom stereocenters. The lowest BCUT2D eigenvalue weighted by Crippen LogP contribution is -2.38. The van der Waals surface area contributed by atoms with Gasteiger partial charge in [-0.1, -0.05) is 12.8 Å². The molecule has 2 rings (SSSR count). The van der Waals surface area contributed by atoms with Crippen molar-refractivity contribution in [1.29, 1.82) is 0 Å². The molecule has 2 unspecified atom stereocenters. The fourth-order valence-electron chi connectivity index (χ4n) is 2.80. The van der Waals surface area contributed by atoms with Gasteiger partial charge >= 0.3 is 0 Å². The van der Waals surface area contributed by atoms with Crippen LogP contribution >= 0.6 is 0 Å². The monoisotopic (exact) mass is 305 g/mol. The van der Waals surface area contributed by atoms with Gasteiger partial charge in [-0.25, -0.2) is 0 Å². The Kier molecular flexibility index (Phi) is 6.80. The SMILES string of the molecule is CC(CC(=O)N1CCCCCC1)NCC(O)c1ccncc1. The maximum Gasteiger partial charge on any atom is 0.224 e. The van der Waals surface area contributed by atoms with Crippen LogP contribution in [0.2, 0.25) is 0 Å². The van der Waals surface area contributed by atoms with E-state index in [2.05, 4.69) is 10.3 Å². The van der Waals surface area contributed by atoms with Gasteiger partial charge in [0.25, 0.3) is 0 Å². The fraction of sp³-hybridized carbons (Fsp3) is 0.647. The largest absolute Gasteiger partial charge is 0.387 e. The molecule has 1 amide bonds. The fourth-order valence-corrected chi connectivity index (χ4v) is 2.80. The van der Waals surface area contributed by atoms with Crippen LogP contribution in [0.25, 0.3) is 0 Å². The number of carbonyl (C=O) groups excluding carboxylic acids is 1. The molecule has 2 N–H and O–H groups in total. The molecular formula is C17H27N3O2. The summed E-state index contributed by atoms with van der Waals surface area (Å²) in [6, 6.07) is 3.67. The van der Waals surface area contributed by atoms with E-state index in [0.29, 0.717) is 13.0 Å². The second-order valence-electron chi connectivity index (χ2n) is 6.10. The van der Waals surface area contributed by atoms with Crippen molar-refractivity contribution in [3.8, 4) is 0 Å². The molecule has 0 aromatic carbocycles. The molecule has 5 heteroatoms. The first-order chi connectivity index (χ1) is 10.7. The third-order valence-corrected chi connectivity index (χ3v) is 4.19. The zero-order chi connectivity index (χ0) is 15.8. The Bertz CT molecular complexity index is 444. The van der Waals surface area contributed by atoms with Crippen LogP contribution in [0.1, 0.15) is 50.7 Å². The van der Waals surface area contributed by atoms with E-state index in [1.165, 1.54) is 12.8 Å². The van der Waals surface area contributed by atoms with Gasteiger partial charge in [0.1, 0.15) is 0 Å². The van der Waals surface area contributed by atoms with E-state index in [1.54, 1.807) is 24.5 Å². The molecule has 1 aliphatic heterocycles. The van der Waals surface area contributed by atoms with E-state index in [9.17, 15) is 9.90 Å². The summed E-state index contributed by atoms with van der Waals surface area (Å²) in [5.41, 5.74) is 0.841. The summed E-state index contributed by atoms with van der Waals surface area (Å²) in [4.78, 5) is 18.2. The number of hydrogen-bond donors (Lipinski definition) is 2. The number of aromatic nitrogens is 1. The average Bonchev–Trinajstić information content (AvgIpc) is 2.82. The summed E-state index contributed by atoms with van der Waals surface area (Å²) < 4.78 is 0. The Balaban J connectivity index is 1.72. The third-order valence-electron chi connectivity index (χ3n) is 4.19. The van der Waals surface area contributed by atoms with Crippen LogP contribution < -0.4 is 5.32 Å². The molecule has 0 aliphatic carbocycles. The normalized spacial score (nSPS) is 18.5. The van der Waals surface area contributed by atoms with Crippen molar-refractivity contribution >= 4 is 5.91 Å². The van der Waals surface area contributed by atoms with Gasteiger partial charge < -0.3 is 15.3 Å². The smallest absolute Gasteiger partial charge is 0.224 e. The molecule has 0 saturated carbocycles. The van der Waals surface area contributed by atoms with E-state index in [-0.39, 0.29) is 11.9 Å². The van der Waals surface area contributed by atoms with Crippen molar-refractivity contribution in [2.24, 2.45) is 0 Å². The van der Waals surface area contributed by atoms with Gasteiger partial charge in [0.05, 0.1) is 6.10 Å². The predicted octanol–water partition coefficient (Wildman–Crippen LogP) is 1.89. The number of nitrogens with one attached hydrogen (secondary N) is 1. The minimum absolute atomic E-state index is 0.0623. The highest BCUT2D eigenvalue weighted by Crippen LogP contribution is 2.12. The van der Waals surface area contributed by atoms with Gasteiger partial charge in [-0.15, -0.1) is 0 Å². The van der Waals surface area contributed by atoms with Crippen LogP contribution in [-0.2, 0) is 4.79 Å². The molecule has 0 radical (unpaired) electrons. The second kappa shape index (κ2) is 8.86. The first-order valence-electron chi connectivity index (χ1n) is 8.26. The molecule has 1 aliphatic rings. The van der Waals surface area contributed by atoms with Crippen molar-refractivity contribution in [2.45, 2.75) is 51.2 Å². The summed E-state index contributed by atoms with van der Waals surface area (Å²) in [7, 11) is 0. The van der Waals surface area contributed by atoms with Crippen molar-refractivity contribution in [1.82, 2.24) is 15.2 Å². The minimum atomic E-state index is -0.571. The summed E-state index contributed by atoms with van der Waals surface area (Å²) >= 11 is 0. The highest BCUT2D eigenvalue weighted by Gasteiger charge is 2.18. The first-order valence-corrected chi connectivity index (χ1v) is 8.26. The molecule has 1 aromatic rings. The molecule has 1 saturated heterocycles. The average molecular weight is 305 g/mol. The number of amides is 1. The molecule has 1 fully saturated rings. The van der Waals surface area contributed by atoms with Crippen molar-refractivity contribution in [3.05, 3.63) is 30.1 Å². The molecule has 0 bridgehead atoms. The van der Waals surface area contributed by atoms with Gasteiger partial charge in [0.2, 0.25) is 5.91 Å². The lowest BCUT2D eigenvalue weighted by atomic mass is 10.1. The summed E-state index contributed by atoms with van der Waals surface area (Å²) in [6.45, 7) is 4.23. The van der Waals surface area contributed by atoms with Crippen LogP contribution in [-0.4, -0.2) is 46.6 Å². The number of carbonyl (C=O) groups is 1. The van der Waals surface area contributed by atoms with E-state index >= 15 is 0 Å². The van der Waals surface area contributed by atoms with E-state index in [4.69, 9.17) is 0 Å². The van der Waals surface area contributed by atoms with Gasteiger partial charge in [0, 0.05) is 44.5 Å². The standard InChI is InChI=1S/C17H27N3O2/c1-14(12-17(22)20-10-4-2-3-5-11-20)19-13-16(21)15-6-8-18-9-7-15/h6-9,14,16,19,21H,2-5,10-13H2,1H3.